The van der Waals surface area contributed by atoms with Crippen LogP contribution < -0.4 is 29.2 Å². The van der Waals surface area contributed by atoms with Gasteiger partial charge in [0, 0.05) is 12.1 Å². The summed E-state index contributed by atoms with van der Waals surface area (Å²) in [5, 5.41) is 13.3. The molecule has 1 N–H and O–H groups in total. The Hall–Kier alpha value is -6.17. The maximum atomic E-state index is 13.3. The highest BCUT2D eigenvalue weighted by molar-refractivity contribution is 6.39. The van der Waals surface area contributed by atoms with Crippen LogP contribution in [0.4, 0.5) is 16.2 Å². The molecule has 0 aliphatic carbocycles. The average molecular weight is 624 g/mol. The van der Waals surface area contributed by atoms with Crippen molar-refractivity contribution in [3.05, 3.63) is 123 Å². The number of barbiturate groups is 1. The number of ether oxygens (including phenoxy) is 4. The molecule has 5 rings (SSSR count). The highest BCUT2D eigenvalue weighted by Gasteiger charge is 2.37. The zero-order valence-electron chi connectivity index (χ0n) is 24.9. The van der Waals surface area contributed by atoms with Crippen LogP contribution in [0.3, 0.4) is 0 Å². The number of nitrogens with zero attached hydrogens (tertiary/aromatic N) is 2. The van der Waals surface area contributed by atoms with Gasteiger partial charge >= 0.3 is 6.03 Å². The number of imide groups is 2. The molecule has 0 spiro atoms. The van der Waals surface area contributed by atoms with E-state index in [1.54, 1.807) is 32.2 Å². The molecule has 1 fully saturated rings. The van der Waals surface area contributed by atoms with E-state index in [0.717, 1.165) is 17.2 Å². The van der Waals surface area contributed by atoms with E-state index >= 15 is 0 Å². The Morgan fingerprint density at radius 3 is 2.22 bits per heavy atom. The minimum Gasteiger partial charge on any atom is -0.493 e. The fourth-order valence-electron chi connectivity index (χ4n) is 4.62. The van der Waals surface area contributed by atoms with E-state index in [9.17, 15) is 24.5 Å². The highest BCUT2D eigenvalue weighted by Crippen LogP contribution is 2.33. The van der Waals surface area contributed by atoms with E-state index in [1.807, 2.05) is 48.5 Å². The Labute approximate surface area is 263 Å². The molecule has 12 nitrogen and oxygen atoms in total. The number of hydrogen-bond acceptors (Lipinski definition) is 9. The molecule has 46 heavy (non-hydrogen) atoms. The minimum absolute atomic E-state index is 0.0544. The van der Waals surface area contributed by atoms with Gasteiger partial charge in [0.1, 0.15) is 18.8 Å². The number of anilines is 1. The van der Waals surface area contributed by atoms with Gasteiger partial charge in [-0.3, -0.25) is 25.0 Å². The second-order valence-electron chi connectivity index (χ2n) is 9.92. The van der Waals surface area contributed by atoms with E-state index in [0.29, 0.717) is 46.7 Å². The van der Waals surface area contributed by atoms with Crippen LogP contribution in [0.2, 0.25) is 0 Å². The molecule has 1 aliphatic rings. The lowest BCUT2D eigenvalue weighted by Crippen LogP contribution is -2.54. The quantitative estimate of drug-likeness (QED) is 0.0892. The molecule has 4 amide bonds. The van der Waals surface area contributed by atoms with E-state index in [1.165, 1.54) is 24.3 Å². The first kappa shape index (κ1) is 31.3. The van der Waals surface area contributed by atoms with Gasteiger partial charge in [0.2, 0.25) is 0 Å². The first-order chi connectivity index (χ1) is 22.3. The van der Waals surface area contributed by atoms with Gasteiger partial charge in [-0.05, 0) is 60.0 Å². The summed E-state index contributed by atoms with van der Waals surface area (Å²) in [5.41, 5.74) is 1.55. The van der Waals surface area contributed by atoms with Crippen LogP contribution >= 0.6 is 0 Å². The summed E-state index contributed by atoms with van der Waals surface area (Å²) >= 11 is 0. The molecule has 234 valence electrons. The number of non-ortho nitro benzene ring substituents is 1. The van der Waals surface area contributed by atoms with Crippen molar-refractivity contribution in [1.82, 2.24) is 5.32 Å². The molecule has 0 aromatic heterocycles. The number of nitro groups is 1. The third-order valence-electron chi connectivity index (χ3n) is 6.84. The number of carbonyl (C=O) groups is 3. The summed E-state index contributed by atoms with van der Waals surface area (Å²) in [7, 11) is 1.56. The topological polar surface area (TPSA) is 147 Å². The molecule has 0 radical (unpaired) electrons. The molecule has 0 saturated carbocycles. The van der Waals surface area contributed by atoms with Crippen molar-refractivity contribution >= 4 is 35.3 Å². The van der Waals surface area contributed by atoms with Crippen molar-refractivity contribution in [3.8, 4) is 23.0 Å². The Balaban J connectivity index is 1.33. The van der Waals surface area contributed by atoms with E-state index in [4.69, 9.17) is 18.9 Å². The predicted octanol–water partition coefficient (Wildman–Crippen LogP) is 5.83. The van der Waals surface area contributed by atoms with Crippen LogP contribution in [0.5, 0.6) is 23.0 Å². The summed E-state index contributed by atoms with van der Waals surface area (Å²) in [6.45, 7) is 2.68. The molecule has 12 heteroatoms. The summed E-state index contributed by atoms with van der Waals surface area (Å²) < 4.78 is 23.3. The lowest BCUT2D eigenvalue weighted by molar-refractivity contribution is -0.384. The Kier molecular flexibility index (Phi) is 9.57. The predicted molar refractivity (Wildman–Crippen MR) is 168 cm³/mol. The lowest BCUT2D eigenvalue weighted by Gasteiger charge is -2.26. The fraction of sp³-hybridized carbons (Fsp3) is 0.147. The normalized spacial score (nSPS) is 13.7. The number of nitro benzene ring substituents is 1. The smallest absolute Gasteiger partial charge is 0.335 e. The Morgan fingerprint density at radius 2 is 1.50 bits per heavy atom. The van der Waals surface area contributed by atoms with Crippen molar-refractivity contribution < 1.29 is 38.3 Å². The summed E-state index contributed by atoms with van der Waals surface area (Å²) in [4.78, 5) is 49.7. The Bertz CT molecular complexity index is 1820. The second-order valence-corrected chi connectivity index (χ2v) is 9.92. The van der Waals surface area contributed by atoms with Crippen LogP contribution in [0.1, 0.15) is 23.6 Å². The van der Waals surface area contributed by atoms with Crippen LogP contribution in [-0.4, -0.2) is 36.5 Å². The lowest BCUT2D eigenvalue weighted by atomic mass is 10.1. The van der Waals surface area contributed by atoms with Crippen molar-refractivity contribution in [2.75, 3.05) is 18.6 Å². The monoisotopic (exact) mass is 623 g/mol. The van der Waals surface area contributed by atoms with Crippen LogP contribution in [0, 0.1) is 10.1 Å². The fourth-order valence-corrected chi connectivity index (χ4v) is 4.62. The number of carbonyl (C=O) groups excluding carboxylic acids is 3. The zero-order chi connectivity index (χ0) is 32.6. The molecule has 1 heterocycles. The SMILES string of the molecule is CCOc1cc(/C=C2/C(=O)NC(=O)N(c3cccc([N+](=O)[O-])c3)C2=O)ccc1OCc1ccc(OCc2ccccc2)c(OC)c1. The number of nitrogens with one attached hydrogen (secondary N) is 1. The van der Waals surface area contributed by atoms with Gasteiger partial charge in [-0.2, -0.15) is 0 Å². The van der Waals surface area contributed by atoms with Crippen molar-refractivity contribution in [2.24, 2.45) is 0 Å². The highest BCUT2D eigenvalue weighted by atomic mass is 16.6. The van der Waals surface area contributed by atoms with Crippen LogP contribution in [0.25, 0.3) is 6.08 Å². The largest absolute Gasteiger partial charge is 0.493 e. The number of methoxy groups -OCH3 is 1. The molecule has 0 atom stereocenters. The van der Waals surface area contributed by atoms with E-state index < -0.39 is 22.8 Å². The van der Waals surface area contributed by atoms with E-state index in [-0.39, 0.29) is 23.6 Å². The molecule has 4 aromatic rings. The molecular formula is C34H29N3O9. The Morgan fingerprint density at radius 1 is 0.783 bits per heavy atom. The number of rotatable bonds is 12. The van der Waals surface area contributed by atoms with E-state index in [2.05, 4.69) is 5.32 Å². The molecule has 0 unspecified atom stereocenters. The van der Waals surface area contributed by atoms with Crippen molar-refractivity contribution in [3.63, 3.8) is 0 Å². The van der Waals surface area contributed by atoms with Gasteiger partial charge in [0.15, 0.2) is 23.0 Å². The second kappa shape index (κ2) is 14.1. The molecule has 4 aromatic carbocycles. The standard InChI is InChI=1S/C34H29N3O9/c1-3-44-31-17-23(16-27-32(38)35-34(40)36(33(27)39)25-10-7-11-26(19-25)37(41)42)12-14-29(31)46-21-24-13-15-28(30(18-24)43-2)45-20-22-8-5-4-6-9-22/h4-19H,3,20-21H2,1-2H3,(H,35,38,40)/b27-16-. The number of urea groups is 1. The summed E-state index contributed by atoms with van der Waals surface area (Å²) in [6, 6.07) is 24.1. The first-order valence-corrected chi connectivity index (χ1v) is 14.2. The number of hydrogen-bond donors (Lipinski definition) is 1. The molecule has 1 saturated heterocycles. The third-order valence-corrected chi connectivity index (χ3v) is 6.84. The van der Waals surface area contributed by atoms with Gasteiger partial charge in [-0.1, -0.05) is 48.5 Å². The number of benzene rings is 4. The van der Waals surface area contributed by atoms with Gasteiger partial charge in [-0.25, -0.2) is 9.69 Å². The summed E-state index contributed by atoms with van der Waals surface area (Å²) in [6.07, 6.45) is 1.31. The van der Waals surface area contributed by atoms with Gasteiger partial charge in [-0.15, -0.1) is 0 Å². The zero-order valence-corrected chi connectivity index (χ0v) is 24.9. The number of amides is 4. The van der Waals surface area contributed by atoms with Crippen LogP contribution in [0.15, 0.2) is 96.6 Å². The first-order valence-electron chi connectivity index (χ1n) is 14.2. The van der Waals surface area contributed by atoms with Crippen LogP contribution in [-0.2, 0) is 22.8 Å². The molecule has 0 bridgehead atoms. The van der Waals surface area contributed by atoms with Crippen molar-refractivity contribution in [2.45, 2.75) is 20.1 Å². The van der Waals surface area contributed by atoms with Gasteiger partial charge in [0.25, 0.3) is 17.5 Å². The maximum absolute atomic E-state index is 13.3. The van der Waals surface area contributed by atoms with Crippen molar-refractivity contribution in [1.29, 1.82) is 0 Å². The summed E-state index contributed by atoms with van der Waals surface area (Å²) in [5.74, 6) is 0.0894. The molecular weight excluding hydrogens is 594 g/mol. The van der Waals surface area contributed by atoms with Gasteiger partial charge < -0.3 is 18.9 Å². The minimum atomic E-state index is -1.01. The molecule has 1 aliphatic heterocycles. The maximum Gasteiger partial charge on any atom is 0.335 e. The third kappa shape index (κ3) is 7.13. The van der Waals surface area contributed by atoms with Gasteiger partial charge in [0.05, 0.1) is 24.3 Å². The average Bonchev–Trinajstić information content (AvgIpc) is 3.06.